The summed E-state index contributed by atoms with van der Waals surface area (Å²) in [4.78, 5) is 17.8. The lowest BCUT2D eigenvalue weighted by molar-refractivity contribution is 0.602. The fourth-order valence-corrected chi connectivity index (χ4v) is 9.90. The van der Waals surface area contributed by atoms with Crippen LogP contribution in [0.1, 0.15) is 43.4 Å². The van der Waals surface area contributed by atoms with Gasteiger partial charge in [-0.2, -0.15) is 0 Å². The summed E-state index contributed by atoms with van der Waals surface area (Å²) in [6.45, 7) is 9.53. The smallest absolute Gasteiger partial charge is 0.165 e. The Morgan fingerprint density at radius 1 is 0.685 bits per heavy atom. The zero-order chi connectivity index (χ0) is 36.4. The molecule has 54 heavy (non-hydrogen) atoms. The van der Waals surface area contributed by atoms with Gasteiger partial charge in [-0.25, -0.2) is 15.0 Å². The van der Waals surface area contributed by atoms with Crippen molar-refractivity contribution in [2.24, 2.45) is 0 Å². The number of aromatic nitrogens is 3. The summed E-state index contributed by atoms with van der Waals surface area (Å²) >= 11 is 1.79. The summed E-state index contributed by atoms with van der Waals surface area (Å²) in [5.41, 5.74) is 13.0. The minimum absolute atomic E-state index is 0.0751. The Bertz CT molecular complexity index is 2720. The van der Waals surface area contributed by atoms with Crippen molar-refractivity contribution < 1.29 is 0 Å². The van der Waals surface area contributed by atoms with Gasteiger partial charge in [0.1, 0.15) is 0 Å². The maximum Gasteiger partial charge on any atom is 0.165 e. The number of anilines is 2. The first-order chi connectivity index (χ1) is 26.5. The largest absolute Gasteiger partial charge is 0.311 e. The van der Waals surface area contributed by atoms with Gasteiger partial charge in [0.25, 0.3) is 0 Å². The van der Waals surface area contributed by atoms with Gasteiger partial charge in [-0.1, -0.05) is 141 Å². The number of fused-ring (bicyclic) bond motifs is 7. The van der Waals surface area contributed by atoms with Gasteiger partial charge in [0, 0.05) is 59.3 Å². The molecule has 0 amide bonds. The summed E-state index contributed by atoms with van der Waals surface area (Å²) in [5, 5.41) is 2.39. The van der Waals surface area contributed by atoms with Crippen LogP contribution in [0, 0.1) is 0 Å². The number of allylic oxidation sites excluding steroid dienone is 8. The molecule has 260 valence electrons. The molecule has 0 bridgehead atoms. The molecule has 0 unspecified atom stereocenters. The molecule has 2 aromatic heterocycles. The van der Waals surface area contributed by atoms with E-state index in [4.69, 9.17) is 21.5 Å². The molecular weight excluding hydrogens is 677 g/mol. The second kappa shape index (κ2) is 12.8. The molecule has 10 rings (SSSR count). The summed E-state index contributed by atoms with van der Waals surface area (Å²) in [5.74, 6) is 1.94. The lowest BCUT2D eigenvalue weighted by Gasteiger charge is -2.33. The number of hydrogen-bond donors (Lipinski definition) is 0. The summed E-state index contributed by atoms with van der Waals surface area (Å²) in [6.07, 6.45) is 16.4. The van der Waals surface area contributed by atoms with Gasteiger partial charge in [0.15, 0.2) is 17.5 Å². The van der Waals surface area contributed by atoms with Crippen LogP contribution in [0.2, 0.25) is 0 Å². The maximum atomic E-state index is 5.23. The second-order valence-corrected chi connectivity index (χ2v) is 15.8. The Labute approximate surface area is 319 Å². The number of nitrogens with zero attached hydrogens (tertiary/aromatic N) is 4. The van der Waals surface area contributed by atoms with Crippen molar-refractivity contribution in [3.8, 4) is 34.2 Å². The normalized spacial score (nSPS) is 17.1. The number of rotatable bonds is 4. The van der Waals surface area contributed by atoms with Gasteiger partial charge in [-0.05, 0) is 71.9 Å². The van der Waals surface area contributed by atoms with Crippen LogP contribution in [0.15, 0.2) is 163 Å². The SMILES string of the molecule is C=C1/C=C\C=C/Cc2c(ccc3c2C(C)(C)C2=C3C=CCC2)N1c1cc(-c2nc(-c3ccccc3)nc(-c3ccccc3)n2)c2sc3ccccc3c2c1. The van der Waals surface area contributed by atoms with Crippen LogP contribution in [0.3, 0.4) is 0 Å². The summed E-state index contributed by atoms with van der Waals surface area (Å²) in [6, 6.07) is 38.4. The molecule has 0 radical (unpaired) electrons. The van der Waals surface area contributed by atoms with Crippen LogP contribution in [0.5, 0.6) is 0 Å². The predicted molar refractivity (Wildman–Crippen MR) is 227 cm³/mol. The van der Waals surface area contributed by atoms with Crippen molar-refractivity contribution in [2.75, 3.05) is 4.90 Å². The van der Waals surface area contributed by atoms with E-state index in [2.05, 4.69) is 128 Å². The first-order valence-electron chi connectivity index (χ1n) is 18.7. The molecule has 0 fully saturated rings. The minimum atomic E-state index is -0.0751. The van der Waals surface area contributed by atoms with Crippen molar-refractivity contribution in [1.29, 1.82) is 0 Å². The molecule has 0 saturated heterocycles. The van der Waals surface area contributed by atoms with E-state index in [-0.39, 0.29) is 5.41 Å². The Hall–Kier alpha value is -6.17. The van der Waals surface area contributed by atoms with Crippen LogP contribution in [0.25, 0.3) is 59.9 Å². The fraction of sp³-hybridized carbons (Fsp3) is 0.122. The van der Waals surface area contributed by atoms with E-state index in [1.807, 2.05) is 36.4 Å². The average Bonchev–Trinajstić information content (AvgIpc) is 3.72. The number of benzene rings is 5. The molecular formula is C49H38N4S. The van der Waals surface area contributed by atoms with E-state index in [1.54, 1.807) is 16.9 Å². The van der Waals surface area contributed by atoms with E-state index in [0.717, 1.165) is 57.7 Å². The van der Waals surface area contributed by atoms with Crippen LogP contribution in [0.4, 0.5) is 11.4 Å². The standard InChI is InChI=1S/C49H38N4S/c1-31-17-7-4-12-24-38-42(28-27-37-35-22-13-15-25-41(35)49(2,3)44(37)38)53(31)34-29-39-36-23-14-16-26-43(36)54-45(39)40(30-34)48-51-46(32-18-8-5-9-19-32)50-47(52-48)33-20-10-6-11-21-33/h4-14,16-23,26-30H,1,15,24-25H2,2-3H3/b12-4-,17-7-. The zero-order valence-electron chi connectivity index (χ0n) is 30.4. The van der Waals surface area contributed by atoms with E-state index in [0.29, 0.717) is 17.5 Å². The van der Waals surface area contributed by atoms with Crippen LogP contribution in [-0.4, -0.2) is 15.0 Å². The van der Waals surface area contributed by atoms with Gasteiger partial charge in [0.05, 0.1) is 0 Å². The van der Waals surface area contributed by atoms with Gasteiger partial charge >= 0.3 is 0 Å². The minimum Gasteiger partial charge on any atom is -0.311 e. The molecule has 7 aromatic rings. The van der Waals surface area contributed by atoms with Crippen LogP contribution >= 0.6 is 11.3 Å². The van der Waals surface area contributed by atoms with Crippen molar-refractivity contribution in [2.45, 2.75) is 38.5 Å². The van der Waals surface area contributed by atoms with Gasteiger partial charge in [-0.15, -0.1) is 11.3 Å². The molecule has 2 aliphatic carbocycles. The van der Waals surface area contributed by atoms with E-state index < -0.39 is 0 Å². The molecule has 0 spiro atoms. The molecule has 3 aliphatic rings. The van der Waals surface area contributed by atoms with Crippen LogP contribution < -0.4 is 4.90 Å². The van der Waals surface area contributed by atoms with E-state index in [9.17, 15) is 0 Å². The van der Waals surface area contributed by atoms with Crippen molar-refractivity contribution in [3.63, 3.8) is 0 Å². The molecule has 0 N–H and O–H groups in total. The molecule has 3 heterocycles. The lowest BCUT2D eigenvalue weighted by Crippen LogP contribution is -2.23. The Morgan fingerprint density at radius 3 is 2.15 bits per heavy atom. The monoisotopic (exact) mass is 714 g/mol. The number of hydrogen-bond acceptors (Lipinski definition) is 5. The molecule has 5 heteroatoms. The molecule has 0 saturated carbocycles. The third-order valence-corrected chi connectivity index (χ3v) is 12.4. The van der Waals surface area contributed by atoms with Gasteiger partial charge in [-0.3, -0.25) is 0 Å². The molecule has 0 atom stereocenters. The highest BCUT2D eigenvalue weighted by molar-refractivity contribution is 7.26. The Kier molecular flexibility index (Phi) is 7.67. The third-order valence-electron chi connectivity index (χ3n) is 11.2. The maximum absolute atomic E-state index is 5.23. The first kappa shape index (κ1) is 32.5. The Morgan fingerprint density at radius 2 is 1.39 bits per heavy atom. The molecule has 5 aromatic carbocycles. The summed E-state index contributed by atoms with van der Waals surface area (Å²) in [7, 11) is 0. The lowest BCUT2D eigenvalue weighted by atomic mass is 9.76. The predicted octanol–water partition coefficient (Wildman–Crippen LogP) is 13.0. The van der Waals surface area contributed by atoms with E-state index >= 15 is 0 Å². The van der Waals surface area contributed by atoms with Crippen molar-refractivity contribution >= 4 is 48.5 Å². The van der Waals surface area contributed by atoms with Gasteiger partial charge < -0.3 is 4.90 Å². The second-order valence-electron chi connectivity index (χ2n) is 14.8. The van der Waals surface area contributed by atoms with Crippen LogP contribution in [-0.2, 0) is 11.8 Å². The average molecular weight is 715 g/mol. The summed E-state index contributed by atoms with van der Waals surface area (Å²) < 4.78 is 2.37. The van der Waals surface area contributed by atoms with Crippen molar-refractivity contribution in [1.82, 2.24) is 15.0 Å². The zero-order valence-corrected chi connectivity index (χ0v) is 31.2. The molecule has 1 aliphatic heterocycles. The molecule has 4 nitrogen and oxygen atoms in total. The highest BCUT2D eigenvalue weighted by atomic mass is 32.1. The fourth-order valence-electron chi connectivity index (χ4n) is 8.71. The van der Waals surface area contributed by atoms with Crippen molar-refractivity contribution in [3.05, 3.63) is 180 Å². The van der Waals surface area contributed by atoms with Gasteiger partial charge in [0.2, 0.25) is 0 Å². The van der Waals surface area contributed by atoms with E-state index in [1.165, 1.54) is 37.7 Å². The Balaban J connectivity index is 1.25. The highest BCUT2D eigenvalue weighted by Gasteiger charge is 2.40. The topological polar surface area (TPSA) is 41.9 Å². The quantitative estimate of drug-likeness (QED) is 0.182. The third kappa shape index (κ3) is 5.22. The number of thiophene rings is 1. The first-order valence-corrected chi connectivity index (χ1v) is 19.5. The highest BCUT2D eigenvalue weighted by Crippen LogP contribution is 2.54.